The highest BCUT2D eigenvalue weighted by Crippen LogP contribution is 2.21. The molecule has 126 valence electrons. The second-order valence-corrected chi connectivity index (χ2v) is 6.90. The monoisotopic (exact) mass is 323 g/mol. The Morgan fingerprint density at radius 3 is 1.77 bits per heavy atom. The van der Waals surface area contributed by atoms with Gasteiger partial charge < -0.3 is 5.73 Å². The topological polar surface area (TPSA) is 26.0 Å². The third-order valence-corrected chi connectivity index (χ3v) is 4.72. The second-order valence-electron chi connectivity index (χ2n) is 6.49. The van der Waals surface area contributed by atoms with Crippen LogP contribution in [-0.2, 0) is 6.42 Å². The predicted molar refractivity (Wildman–Crippen MR) is 101 cm³/mol. The highest BCUT2D eigenvalue weighted by atomic mass is 35.5. The van der Waals surface area contributed by atoms with Crippen molar-refractivity contribution in [1.29, 1.82) is 0 Å². The van der Waals surface area contributed by atoms with E-state index in [0.717, 1.165) is 6.42 Å². The van der Waals surface area contributed by atoms with Gasteiger partial charge in [0.2, 0.25) is 0 Å². The Labute approximate surface area is 142 Å². The normalized spacial score (nSPS) is 11.0. The molecule has 0 fully saturated rings. The van der Waals surface area contributed by atoms with E-state index in [1.165, 1.54) is 82.6 Å². The lowest BCUT2D eigenvalue weighted by molar-refractivity contribution is 0.544. The molecule has 1 aromatic carbocycles. The van der Waals surface area contributed by atoms with Crippen molar-refractivity contribution in [3.8, 4) is 0 Å². The summed E-state index contributed by atoms with van der Waals surface area (Å²) in [6, 6.07) is 6.02. The number of unbranched alkanes of at least 4 members (excludes halogenated alkanes) is 11. The summed E-state index contributed by atoms with van der Waals surface area (Å²) in [7, 11) is 0. The molecule has 2 heteroatoms. The van der Waals surface area contributed by atoms with E-state index in [9.17, 15) is 0 Å². The van der Waals surface area contributed by atoms with E-state index in [-0.39, 0.29) is 0 Å². The zero-order valence-electron chi connectivity index (χ0n) is 14.4. The van der Waals surface area contributed by atoms with Crippen molar-refractivity contribution in [2.45, 2.75) is 90.4 Å². The summed E-state index contributed by atoms with van der Waals surface area (Å²) in [5, 5.41) is 0.665. The minimum atomic E-state index is 0.665. The van der Waals surface area contributed by atoms with Gasteiger partial charge in [-0.15, -0.1) is 0 Å². The van der Waals surface area contributed by atoms with Gasteiger partial charge in [0.25, 0.3) is 0 Å². The molecule has 0 aliphatic heterocycles. The maximum atomic E-state index is 5.94. The van der Waals surface area contributed by atoms with Gasteiger partial charge in [-0.1, -0.05) is 95.2 Å². The summed E-state index contributed by atoms with van der Waals surface area (Å²) >= 11 is 5.94. The average Bonchev–Trinajstić information content (AvgIpc) is 2.52. The van der Waals surface area contributed by atoms with Crippen LogP contribution in [0.25, 0.3) is 0 Å². The van der Waals surface area contributed by atoms with Crippen LogP contribution in [0.2, 0.25) is 5.02 Å². The minimum Gasteiger partial charge on any atom is -0.398 e. The van der Waals surface area contributed by atoms with E-state index >= 15 is 0 Å². The second kappa shape index (κ2) is 12.8. The fourth-order valence-corrected chi connectivity index (χ4v) is 3.04. The average molecular weight is 324 g/mol. The number of nitrogen functional groups attached to an aromatic ring is 1. The summed E-state index contributed by atoms with van der Waals surface area (Å²) in [6.07, 6.45) is 17.9. The van der Waals surface area contributed by atoms with Crippen molar-refractivity contribution in [2.75, 3.05) is 5.73 Å². The van der Waals surface area contributed by atoms with Crippen LogP contribution in [-0.4, -0.2) is 0 Å². The molecule has 2 N–H and O–H groups in total. The number of rotatable bonds is 13. The molecular formula is C20H34ClN. The van der Waals surface area contributed by atoms with E-state index < -0.39 is 0 Å². The largest absolute Gasteiger partial charge is 0.398 e. The lowest BCUT2D eigenvalue weighted by atomic mass is 10.0. The molecule has 0 unspecified atom stereocenters. The molecule has 0 amide bonds. The molecular weight excluding hydrogens is 290 g/mol. The Hall–Kier alpha value is -0.690. The first-order chi connectivity index (χ1) is 10.7. The van der Waals surface area contributed by atoms with Crippen molar-refractivity contribution in [3.05, 3.63) is 28.8 Å². The molecule has 0 atom stereocenters. The Morgan fingerprint density at radius 1 is 0.773 bits per heavy atom. The zero-order chi connectivity index (χ0) is 16.0. The fraction of sp³-hybridized carbons (Fsp3) is 0.700. The third-order valence-electron chi connectivity index (χ3n) is 4.38. The number of hydrogen-bond acceptors (Lipinski definition) is 1. The summed E-state index contributed by atoms with van der Waals surface area (Å²) in [5.41, 5.74) is 7.85. The molecule has 1 nitrogen and oxygen atoms in total. The zero-order valence-corrected chi connectivity index (χ0v) is 15.1. The van der Waals surface area contributed by atoms with Gasteiger partial charge in [0.15, 0.2) is 0 Å². The van der Waals surface area contributed by atoms with Gasteiger partial charge in [0.05, 0.1) is 10.7 Å². The molecule has 0 aromatic heterocycles. The Balaban J connectivity index is 1.88. The van der Waals surface area contributed by atoms with E-state index in [4.69, 9.17) is 17.3 Å². The molecule has 0 radical (unpaired) electrons. The molecule has 0 aliphatic carbocycles. The van der Waals surface area contributed by atoms with Crippen molar-refractivity contribution >= 4 is 17.3 Å². The molecule has 22 heavy (non-hydrogen) atoms. The maximum absolute atomic E-state index is 5.94. The van der Waals surface area contributed by atoms with Gasteiger partial charge >= 0.3 is 0 Å². The van der Waals surface area contributed by atoms with Crippen LogP contribution >= 0.6 is 11.6 Å². The number of nitrogens with two attached hydrogens (primary N) is 1. The molecule has 0 saturated carbocycles. The van der Waals surface area contributed by atoms with E-state index in [1.807, 2.05) is 12.1 Å². The first kappa shape index (κ1) is 19.4. The van der Waals surface area contributed by atoms with Crippen molar-refractivity contribution in [2.24, 2.45) is 0 Å². The van der Waals surface area contributed by atoms with E-state index in [0.29, 0.717) is 10.7 Å². The van der Waals surface area contributed by atoms with Crippen molar-refractivity contribution in [1.82, 2.24) is 0 Å². The summed E-state index contributed by atoms with van der Waals surface area (Å²) in [4.78, 5) is 0. The van der Waals surface area contributed by atoms with Gasteiger partial charge in [-0.05, 0) is 30.5 Å². The molecule has 1 aromatic rings. The van der Waals surface area contributed by atoms with Crippen LogP contribution in [0.5, 0.6) is 0 Å². The Kier molecular flexibility index (Phi) is 11.3. The van der Waals surface area contributed by atoms with Crippen molar-refractivity contribution in [3.63, 3.8) is 0 Å². The first-order valence-corrected chi connectivity index (χ1v) is 9.65. The molecule has 0 heterocycles. The van der Waals surface area contributed by atoms with Crippen LogP contribution in [0.3, 0.4) is 0 Å². The number of benzene rings is 1. The number of anilines is 1. The Morgan fingerprint density at radius 2 is 1.27 bits per heavy atom. The SMILES string of the molecule is CCCCCCCCCCCCCCc1ccc(Cl)c(N)c1. The highest BCUT2D eigenvalue weighted by molar-refractivity contribution is 6.33. The lowest BCUT2D eigenvalue weighted by Gasteiger charge is -2.05. The minimum absolute atomic E-state index is 0.665. The molecule has 0 spiro atoms. The van der Waals surface area contributed by atoms with Gasteiger partial charge in [-0.2, -0.15) is 0 Å². The van der Waals surface area contributed by atoms with Crippen LogP contribution in [0, 0.1) is 0 Å². The van der Waals surface area contributed by atoms with Crippen LogP contribution in [0.15, 0.2) is 18.2 Å². The molecule has 1 rings (SSSR count). The van der Waals surface area contributed by atoms with E-state index in [1.54, 1.807) is 0 Å². The first-order valence-electron chi connectivity index (χ1n) is 9.28. The van der Waals surface area contributed by atoms with Crippen molar-refractivity contribution < 1.29 is 0 Å². The number of halogens is 1. The summed E-state index contributed by atoms with van der Waals surface area (Å²) in [5.74, 6) is 0. The molecule has 0 saturated heterocycles. The maximum Gasteiger partial charge on any atom is 0.0635 e. The standard InChI is InChI=1S/C20H34ClN/c1-2-3-4-5-6-7-8-9-10-11-12-13-14-18-15-16-19(21)20(22)17-18/h15-17H,2-14,22H2,1H3. The quantitative estimate of drug-likeness (QED) is 0.302. The van der Waals surface area contributed by atoms with Crippen LogP contribution < -0.4 is 5.73 Å². The number of hydrogen-bond donors (Lipinski definition) is 1. The number of aryl methyl sites for hydroxylation is 1. The van der Waals surface area contributed by atoms with E-state index in [2.05, 4.69) is 13.0 Å². The van der Waals surface area contributed by atoms with Crippen LogP contribution in [0.1, 0.15) is 89.5 Å². The predicted octanol–water partition coefficient (Wildman–Crippen LogP) is 7.17. The van der Waals surface area contributed by atoms with Gasteiger partial charge in [0, 0.05) is 0 Å². The molecule has 0 bridgehead atoms. The fourth-order valence-electron chi connectivity index (χ4n) is 2.92. The summed E-state index contributed by atoms with van der Waals surface area (Å²) < 4.78 is 0. The van der Waals surface area contributed by atoms with Gasteiger partial charge in [-0.25, -0.2) is 0 Å². The van der Waals surface area contributed by atoms with Crippen LogP contribution in [0.4, 0.5) is 5.69 Å². The van der Waals surface area contributed by atoms with Gasteiger partial charge in [-0.3, -0.25) is 0 Å². The Bertz CT molecular complexity index is 389. The smallest absolute Gasteiger partial charge is 0.0635 e. The molecule has 0 aliphatic rings. The van der Waals surface area contributed by atoms with Gasteiger partial charge in [0.1, 0.15) is 0 Å². The third kappa shape index (κ3) is 9.35. The summed E-state index contributed by atoms with van der Waals surface area (Å²) in [6.45, 7) is 2.28. The lowest BCUT2D eigenvalue weighted by Crippen LogP contribution is -1.91. The highest BCUT2D eigenvalue weighted by Gasteiger charge is 1.99.